The Balaban J connectivity index is 1.85. The van der Waals surface area contributed by atoms with Crippen LogP contribution in [0.25, 0.3) is 22.2 Å². The van der Waals surface area contributed by atoms with Gasteiger partial charge in [0.15, 0.2) is 9.84 Å². The number of hydrogen-bond donors (Lipinski definition) is 1. The van der Waals surface area contributed by atoms with Crippen molar-refractivity contribution in [2.24, 2.45) is 0 Å². The maximum absolute atomic E-state index is 14.1. The van der Waals surface area contributed by atoms with E-state index in [0.717, 1.165) is 27.7 Å². The maximum Gasteiger partial charge on any atom is 0.189 e. The molecule has 0 saturated heterocycles. The lowest BCUT2D eigenvalue weighted by Gasteiger charge is -2.20. The van der Waals surface area contributed by atoms with Crippen LogP contribution in [0.1, 0.15) is 21.9 Å². The van der Waals surface area contributed by atoms with E-state index < -0.39 is 20.9 Å². The van der Waals surface area contributed by atoms with Crippen LogP contribution in [0.3, 0.4) is 0 Å². The maximum atomic E-state index is 14.1. The standard InChI is InChI=1S/C28H22FNO2S/c1-19-11-17-23(18-12-19)33(31,32)28(21-13-15-22(29)16-14-21)26-24-9-5-6-10-25(24)30-27(26)20-7-3-2-4-8-20/h2-18,28,30H,1H3. The van der Waals surface area contributed by atoms with Gasteiger partial charge < -0.3 is 4.98 Å². The summed E-state index contributed by atoms with van der Waals surface area (Å²) in [6, 6.07) is 29.9. The third-order valence-corrected chi connectivity index (χ3v) is 7.96. The first-order valence-electron chi connectivity index (χ1n) is 10.7. The minimum atomic E-state index is -3.87. The van der Waals surface area contributed by atoms with E-state index in [1.165, 1.54) is 12.1 Å². The lowest BCUT2D eigenvalue weighted by atomic mass is 9.98. The summed E-state index contributed by atoms with van der Waals surface area (Å²) in [7, 11) is -3.87. The molecule has 0 bridgehead atoms. The molecule has 1 aromatic heterocycles. The van der Waals surface area contributed by atoms with Crippen LogP contribution >= 0.6 is 0 Å². The Morgan fingerprint density at radius 3 is 2.09 bits per heavy atom. The molecule has 3 nitrogen and oxygen atoms in total. The van der Waals surface area contributed by atoms with Crippen molar-refractivity contribution in [2.75, 3.05) is 0 Å². The molecule has 0 aliphatic rings. The minimum Gasteiger partial charge on any atom is -0.354 e. The fourth-order valence-corrected chi connectivity index (χ4v) is 6.13. The van der Waals surface area contributed by atoms with Crippen LogP contribution < -0.4 is 0 Å². The number of aromatic amines is 1. The molecule has 164 valence electrons. The van der Waals surface area contributed by atoms with Crippen LogP contribution in [-0.4, -0.2) is 13.4 Å². The number of aryl methyl sites for hydroxylation is 1. The van der Waals surface area contributed by atoms with Crippen LogP contribution in [-0.2, 0) is 9.84 Å². The molecule has 0 spiro atoms. The Morgan fingerprint density at radius 2 is 1.39 bits per heavy atom. The summed E-state index contributed by atoms with van der Waals surface area (Å²) in [5.41, 5.74) is 4.61. The first kappa shape index (κ1) is 21.2. The highest BCUT2D eigenvalue weighted by molar-refractivity contribution is 7.92. The smallest absolute Gasteiger partial charge is 0.189 e. The van der Waals surface area contributed by atoms with Gasteiger partial charge in [0.05, 0.1) is 10.6 Å². The first-order chi connectivity index (χ1) is 15.9. The molecule has 0 fully saturated rings. The number of H-pyrrole nitrogens is 1. The number of sulfone groups is 1. The Kier molecular flexibility index (Phi) is 5.35. The summed E-state index contributed by atoms with van der Waals surface area (Å²) in [5.74, 6) is -0.410. The molecule has 0 amide bonds. The predicted octanol–water partition coefficient (Wildman–Crippen LogP) is 6.85. The quantitative estimate of drug-likeness (QED) is 0.315. The summed E-state index contributed by atoms with van der Waals surface area (Å²) in [6.45, 7) is 1.92. The van der Waals surface area contributed by atoms with Crippen molar-refractivity contribution in [3.05, 3.63) is 126 Å². The van der Waals surface area contributed by atoms with Crippen molar-refractivity contribution in [2.45, 2.75) is 17.1 Å². The average Bonchev–Trinajstić information content (AvgIpc) is 3.20. The highest BCUT2D eigenvalue weighted by Gasteiger charge is 2.35. The number of rotatable bonds is 5. The van der Waals surface area contributed by atoms with Gasteiger partial charge in [0, 0.05) is 16.5 Å². The van der Waals surface area contributed by atoms with Crippen molar-refractivity contribution in [3.8, 4) is 11.3 Å². The van der Waals surface area contributed by atoms with Crippen LogP contribution in [0.4, 0.5) is 4.39 Å². The molecule has 5 heteroatoms. The van der Waals surface area contributed by atoms with Crippen LogP contribution in [0.15, 0.2) is 108 Å². The number of halogens is 1. The zero-order valence-corrected chi connectivity index (χ0v) is 18.8. The molecule has 1 atom stereocenters. The van der Waals surface area contributed by atoms with E-state index in [0.29, 0.717) is 11.1 Å². The van der Waals surface area contributed by atoms with Crippen LogP contribution in [0, 0.1) is 12.7 Å². The highest BCUT2D eigenvalue weighted by Crippen LogP contribution is 2.43. The molecule has 1 unspecified atom stereocenters. The Labute approximate surface area is 192 Å². The normalized spacial score (nSPS) is 12.7. The fraction of sp³-hybridized carbons (Fsp3) is 0.0714. The Bertz CT molecular complexity index is 1520. The fourth-order valence-electron chi connectivity index (χ4n) is 4.27. The van der Waals surface area contributed by atoms with Crippen molar-refractivity contribution in [1.29, 1.82) is 0 Å². The number of hydrogen-bond acceptors (Lipinski definition) is 2. The summed E-state index contributed by atoms with van der Waals surface area (Å²) in [6.07, 6.45) is 0. The molecule has 0 saturated carbocycles. The highest BCUT2D eigenvalue weighted by atomic mass is 32.2. The van der Waals surface area contributed by atoms with E-state index >= 15 is 0 Å². The van der Waals surface area contributed by atoms with Gasteiger partial charge in [-0.2, -0.15) is 0 Å². The SMILES string of the molecule is Cc1ccc(S(=O)(=O)C(c2ccc(F)cc2)c2c(-c3ccccc3)[nH]c3ccccc23)cc1. The van der Waals surface area contributed by atoms with Gasteiger partial charge in [-0.3, -0.25) is 0 Å². The second-order valence-corrected chi connectivity index (χ2v) is 10.1. The molecule has 0 radical (unpaired) electrons. The largest absolute Gasteiger partial charge is 0.354 e. The van der Waals surface area contributed by atoms with E-state index in [1.54, 1.807) is 36.4 Å². The monoisotopic (exact) mass is 455 g/mol. The third-order valence-electron chi connectivity index (χ3n) is 5.90. The van der Waals surface area contributed by atoms with Crippen molar-refractivity contribution in [3.63, 3.8) is 0 Å². The predicted molar refractivity (Wildman–Crippen MR) is 130 cm³/mol. The lowest BCUT2D eigenvalue weighted by Crippen LogP contribution is -2.16. The second kappa shape index (κ2) is 8.34. The van der Waals surface area contributed by atoms with E-state index in [1.807, 2.05) is 61.5 Å². The van der Waals surface area contributed by atoms with Gasteiger partial charge in [-0.05, 0) is 48.4 Å². The molecule has 1 heterocycles. The van der Waals surface area contributed by atoms with Gasteiger partial charge in [-0.25, -0.2) is 12.8 Å². The molecule has 0 aliphatic heterocycles. The molecular weight excluding hydrogens is 433 g/mol. The van der Waals surface area contributed by atoms with Gasteiger partial charge in [0.1, 0.15) is 11.1 Å². The molecule has 1 N–H and O–H groups in total. The van der Waals surface area contributed by atoms with Crippen LogP contribution in [0.2, 0.25) is 0 Å². The summed E-state index contributed by atoms with van der Waals surface area (Å²) < 4.78 is 42.1. The molecule has 33 heavy (non-hydrogen) atoms. The van der Waals surface area contributed by atoms with E-state index in [4.69, 9.17) is 0 Å². The number of para-hydroxylation sites is 1. The number of aromatic nitrogens is 1. The molecular formula is C28H22FNO2S. The summed E-state index contributed by atoms with van der Waals surface area (Å²) in [5, 5.41) is -0.200. The Hall–Kier alpha value is -3.70. The third kappa shape index (κ3) is 3.85. The number of benzene rings is 4. The molecule has 5 aromatic rings. The minimum absolute atomic E-state index is 0.228. The topological polar surface area (TPSA) is 49.9 Å². The van der Waals surface area contributed by atoms with E-state index in [-0.39, 0.29) is 4.90 Å². The summed E-state index contributed by atoms with van der Waals surface area (Å²) in [4.78, 5) is 3.66. The van der Waals surface area contributed by atoms with Crippen molar-refractivity contribution in [1.82, 2.24) is 4.98 Å². The molecule has 5 rings (SSSR count). The van der Waals surface area contributed by atoms with Gasteiger partial charge in [-0.1, -0.05) is 78.4 Å². The van der Waals surface area contributed by atoms with Gasteiger partial charge in [0.25, 0.3) is 0 Å². The number of fused-ring (bicyclic) bond motifs is 1. The van der Waals surface area contributed by atoms with Gasteiger partial charge >= 0.3 is 0 Å². The number of nitrogens with one attached hydrogen (secondary N) is 1. The molecule has 0 aliphatic carbocycles. The average molecular weight is 456 g/mol. The van der Waals surface area contributed by atoms with Crippen molar-refractivity contribution >= 4 is 20.7 Å². The van der Waals surface area contributed by atoms with Crippen LogP contribution in [0.5, 0.6) is 0 Å². The van der Waals surface area contributed by atoms with E-state index in [2.05, 4.69) is 4.98 Å². The summed E-state index contributed by atoms with van der Waals surface area (Å²) >= 11 is 0. The zero-order valence-electron chi connectivity index (χ0n) is 18.0. The lowest BCUT2D eigenvalue weighted by molar-refractivity contribution is 0.588. The zero-order chi connectivity index (χ0) is 23.0. The Morgan fingerprint density at radius 1 is 0.758 bits per heavy atom. The van der Waals surface area contributed by atoms with E-state index in [9.17, 15) is 12.8 Å². The van der Waals surface area contributed by atoms with Gasteiger partial charge in [-0.15, -0.1) is 0 Å². The second-order valence-electron chi connectivity index (χ2n) is 8.11. The molecule has 4 aromatic carbocycles. The first-order valence-corrected chi connectivity index (χ1v) is 12.2. The van der Waals surface area contributed by atoms with Crippen molar-refractivity contribution < 1.29 is 12.8 Å². The van der Waals surface area contributed by atoms with Gasteiger partial charge in [0.2, 0.25) is 0 Å².